The van der Waals surface area contributed by atoms with E-state index >= 15 is 0 Å². The van der Waals surface area contributed by atoms with E-state index in [-0.39, 0.29) is 22.3 Å². The normalized spacial score (nSPS) is 13.9. The van der Waals surface area contributed by atoms with Gasteiger partial charge in [-0.3, -0.25) is 9.63 Å². The maximum atomic E-state index is 12.9. The zero-order valence-corrected chi connectivity index (χ0v) is 19.2. The molecule has 2 aromatic rings. The zero-order valence-electron chi connectivity index (χ0n) is 18.4. The molecule has 12 heteroatoms. The van der Waals surface area contributed by atoms with E-state index < -0.39 is 27.9 Å². The van der Waals surface area contributed by atoms with Gasteiger partial charge >= 0.3 is 22.3 Å². The summed E-state index contributed by atoms with van der Waals surface area (Å²) in [6.07, 6.45) is -0.579. The fraction of sp³-hybridized carbons (Fsp3) is 0.286. The van der Waals surface area contributed by atoms with E-state index in [0.717, 1.165) is 19.7 Å². The minimum Gasteiger partial charge on any atom is -0.483 e. The van der Waals surface area contributed by atoms with Crippen LogP contribution in [0.5, 0.6) is 11.5 Å². The van der Waals surface area contributed by atoms with E-state index in [0.29, 0.717) is 21.4 Å². The van der Waals surface area contributed by atoms with E-state index in [1.165, 1.54) is 30.3 Å². The molecule has 1 aliphatic rings. The van der Waals surface area contributed by atoms with Gasteiger partial charge in [0.2, 0.25) is 6.41 Å². The third-order valence-electron chi connectivity index (χ3n) is 4.70. The topological polar surface area (TPSA) is 123 Å². The minimum absolute atomic E-state index is 0.00858. The lowest BCUT2D eigenvalue weighted by Gasteiger charge is -2.27. The van der Waals surface area contributed by atoms with Crippen LogP contribution in [0.3, 0.4) is 0 Å². The van der Waals surface area contributed by atoms with Crippen LogP contribution in [0.4, 0.5) is 15.3 Å². The number of carbonyl (C=O) groups excluding carboxylic acids is 3. The highest BCUT2D eigenvalue weighted by Crippen LogP contribution is 2.41. The Morgan fingerprint density at radius 1 is 1.09 bits per heavy atom. The van der Waals surface area contributed by atoms with Crippen molar-refractivity contribution in [1.29, 1.82) is 0 Å². The average Bonchev–Trinajstić information content (AvgIpc) is 3.09. The molecule has 4 amide bonds. The van der Waals surface area contributed by atoms with E-state index in [1.807, 2.05) is 19.9 Å². The highest BCUT2D eigenvalue weighted by atomic mass is 32.2. The lowest BCUT2D eigenvalue weighted by atomic mass is 10.0. The van der Waals surface area contributed by atoms with Gasteiger partial charge in [-0.25, -0.2) is 14.5 Å². The molecule has 0 aliphatic carbocycles. The molecule has 0 radical (unpaired) electrons. The van der Waals surface area contributed by atoms with Gasteiger partial charge in [0.1, 0.15) is 5.60 Å². The number of hydroxylamine groups is 1. The number of para-hydroxylation sites is 2. The van der Waals surface area contributed by atoms with Crippen LogP contribution in [0.25, 0.3) is 0 Å². The van der Waals surface area contributed by atoms with Gasteiger partial charge < -0.3 is 9.47 Å². The number of hydrogen-bond donors (Lipinski definition) is 0. The summed E-state index contributed by atoms with van der Waals surface area (Å²) in [5.41, 5.74) is 0.292. The number of carbonyl (C=O) groups is 3. The van der Waals surface area contributed by atoms with Gasteiger partial charge in [-0.1, -0.05) is 34.8 Å². The molecular weight excluding hydrogens is 454 g/mol. The first-order valence-electron chi connectivity index (χ1n) is 9.71. The molecule has 0 atom stereocenters. The minimum atomic E-state index is -4.84. The smallest absolute Gasteiger partial charge is 0.423 e. The van der Waals surface area contributed by atoms with Gasteiger partial charge in [0.25, 0.3) is 0 Å². The maximum absolute atomic E-state index is 12.9. The second kappa shape index (κ2) is 9.08. The van der Waals surface area contributed by atoms with Crippen LogP contribution in [0.15, 0.2) is 48.5 Å². The maximum Gasteiger partial charge on any atom is 0.423 e. The number of anilines is 1. The van der Waals surface area contributed by atoms with Crippen molar-refractivity contribution in [1.82, 2.24) is 9.37 Å². The molecule has 0 N–H and O–H groups in total. The lowest BCUT2D eigenvalue weighted by Crippen LogP contribution is -2.52. The Bertz CT molecular complexity index is 1170. The summed E-state index contributed by atoms with van der Waals surface area (Å²) in [7, 11) is -2.93. The first-order chi connectivity index (χ1) is 15.5. The number of nitrogens with zero attached hydrogens (tertiary/aromatic N) is 3. The standard InChI is InChI=1S/C21H23N3O8S/c1-21(2)13-15-9-8-12-17(18(15)32-21)31-20(27)22(3)19(26)24(30-4)33(28,29)23(14-25)16-10-6-5-7-11-16/h5-12,14H,13H2,1-4H3. The summed E-state index contributed by atoms with van der Waals surface area (Å²) in [4.78, 5) is 42.1. The molecule has 0 saturated carbocycles. The van der Waals surface area contributed by atoms with Crippen molar-refractivity contribution in [3.63, 3.8) is 0 Å². The van der Waals surface area contributed by atoms with Crippen LogP contribution in [-0.4, -0.2) is 56.1 Å². The molecule has 0 saturated heterocycles. The number of hydrogen-bond acceptors (Lipinski definition) is 8. The molecule has 2 aromatic carbocycles. The summed E-state index contributed by atoms with van der Waals surface area (Å²) in [5, 5.41) is 0. The molecular formula is C21H23N3O8S. The number of urea groups is 1. The van der Waals surface area contributed by atoms with Crippen molar-refractivity contribution in [2.24, 2.45) is 0 Å². The van der Waals surface area contributed by atoms with Gasteiger partial charge in [-0.2, -0.15) is 12.7 Å². The zero-order chi connectivity index (χ0) is 24.4. The molecule has 176 valence electrons. The van der Waals surface area contributed by atoms with Crippen molar-refractivity contribution in [2.45, 2.75) is 25.9 Å². The molecule has 0 unspecified atom stereocenters. The van der Waals surface area contributed by atoms with E-state index in [2.05, 4.69) is 0 Å². The molecule has 0 fully saturated rings. The Balaban J connectivity index is 1.82. The van der Waals surface area contributed by atoms with Crippen LogP contribution in [-0.2, 0) is 26.3 Å². The second-order valence-electron chi connectivity index (χ2n) is 7.65. The summed E-state index contributed by atoms with van der Waals surface area (Å²) in [5.74, 6) is 0.442. The van der Waals surface area contributed by atoms with Crippen molar-refractivity contribution < 1.29 is 37.1 Å². The highest BCUT2D eigenvalue weighted by Gasteiger charge is 2.39. The Kier molecular flexibility index (Phi) is 6.60. The SMILES string of the molecule is CON(C(=O)N(C)C(=O)Oc1cccc2c1OC(C)(C)C2)S(=O)(=O)N(C=O)c1ccccc1. The molecule has 0 spiro atoms. The molecule has 1 heterocycles. The van der Waals surface area contributed by atoms with E-state index in [9.17, 15) is 22.8 Å². The monoisotopic (exact) mass is 477 g/mol. The van der Waals surface area contributed by atoms with Gasteiger partial charge in [-0.15, -0.1) is 0 Å². The molecule has 11 nitrogen and oxygen atoms in total. The fourth-order valence-electron chi connectivity index (χ4n) is 3.21. The largest absolute Gasteiger partial charge is 0.483 e. The molecule has 1 aliphatic heterocycles. The highest BCUT2D eigenvalue weighted by molar-refractivity contribution is 7.91. The van der Waals surface area contributed by atoms with Crippen molar-refractivity contribution in [3.05, 3.63) is 54.1 Å². The Labute approximate surface area is 191 Å². The third-order valence-corrected chi connectivity index (χ3v) is 6.22. The Morgan fingerprint density at radius 3 is 2.36 bits per heavy atom. The van der Waals surface area contributed by atoms with Crippen molar-refractivity contribution >= 4 is 34.4 Å². The summed E-state index contributed by atoms with van der Waals surface area (Å²) < 4.78 is 37.2. The second-order valence-corrected chi connectivity index (χ2v) is 9.27. The van der Waals surface area contributed by atoms with E-state index in [4.69, 9.17) is 14.3 Å². The predicted molar refractivity (Wildman–Crippen MR) is 117 cm³/mol. The van der Waals surface area contributed by atoms with Crippen LogP contribution in [0.2, 0.25) is 0 Å². The fourth-order valence-corrected chi connectivity index (χ4v) is 4.37. The Morgan fingerprint density at radius 2 is 1.76 bits per heavy atom. The van der Waals surface area contributed by atoms with Gasteiger partial charge in [0.15, 0.2) is 11.5 Å². The van der Waals surface area contributed by atoms with Crippen molar-refractivity contribution in [2.75, 3.05) is 18.5 Å². The van der Waals surface area contributed by atoms with E-state index in [1.54, 1.807) is 12.1 Å². The summed E-state index contributed by atoms with van der Waals surface area (Å²) in [6.45, 7) is 3.75. The average molecular weight is 477 g/mol. The predicted octanol–water partition coefficient (Wildman–Crippen LogP) is 2.72. The number of rotatable bonds is 6. The third kappa shape index (κ3) is 4.76. The van der Waals surface area contributed by atoms with Crippen LogP contribution in [0, 0.1) is 0 Å². The Hall–Kier alpha value is -3.64. The number of fused-ring (bicyclic) bond motifs is 1. The molecule has 0 bridgehead atoms. The lowest BCUT2D eigenvalue weighted by molar-refractivity contribution is -0.106. The van der Waals surface area contributed by atoms with Gasteiger partial charge in [0.05, 0.1) is 12.8 Å². The summed E-state index contributed by atoms with van der Waals surface area (Å²) >= 11 is 0. The number of benzene rings is 2. The number of imide groups is 1. The number of ether oxygens (including phenoxy) is 2. The molecule has 0 aromatic heterocycles. The molecule has 3 rings (SSSR count). The first kappa shape index (κ1) is 24.0. The summed E-state index contributed by atoms with van der Waals surface area (Å²) in [6, 6.07) is 10.9. The van der Waals surface area contributed by atoms with Gasteiger partial charge in [0, 0.05) is 19.0 Å². The van der Waals surface area contributed by atoms with Crippen molar-refractivity contribution in [3.8, 4) is 11.5 Å². The van der Waals surface area contributed by atoms with Crippen LogP contribution >= 0.6 is 0 Å². The van der Waals surface area contributed by atoms with Crippen LogP contribution in [0.1, 0.15) is 19.4 Å². The molecule has 33 heavy (non-hydrogen) atoms. The van der Waals surface area contributed by atoms with Gasteiger partial charge in [-0.05, 0) is 32.0 Å². The first-order valence-corrected chi connectivity index (χ1v) is 11.1. The number of amides is 4. The quantitative estimate of drug-likeness (QED) is 0.460. The van der Waals surface area contributed by atoms with Crippen LogP contribution < -0.4 is 13.8 Å².